The molecule has 0 radical (unpaired) electrons. The van der Waals surface area contributed by atoms with Gasteiger partial charge in [0.2, 0.25) is 0 Å². The minimum absolute atomic E-state index is 0.623. The molecule has 0 unspecified atom stereocenters. The summed E-state index contributed by atoms with van der Waals surface area (Å²) in [6.45, 7) is 0. The largest absolute Gasteiger partial charge is 0.497 e. The van der Waals surface area contributed by atoms with Gasteiger partial charge in [-0.25, -0.2) is 0 Å². The van der Waals surface area contributed by atoms with Crippen LogP contribution in [-0.4, -0.2) is 12.1 Å². The van der Waals surface area contributed by atoms with Crippen molar-refractivity contribution >= 4 is 17.3 Å². The molecule has 0 spiro atoms. The van der Waals surface area contributed by atoms with E-state index >= 15 is 0 Å². The van der Waals surface area contributed by atoms with Gasteiger partial charge in [0, 0.05) is 22.3 Å². The van der Waals surface area contributed by atoms with E-state index in [2.05, 4.69) is 4.98 Å². The Morgan fingerprint density at radius 1 is 1.00 bits per heavy atom. The quantitative estimate of drug-likeness (QED) is 0.765. The molecule has 2 aromatic carbocycles. The highest BCUT2D eigenvalue weighted by atomic mass is 35.5. The van der Waals surface area contributed by atoms with Gasteiger partial charge in [-0.1, -0.05) is 35.9 Å². The van der Waals surface area contributed by atoms with E-state index in [1.807, 2.05) is 54.6 Å². The maximum absolute atomic E-state index is 6.34. The Labute approximate surface area is 134 Å². The van der Waals surface area contributed by atoms with Crippen LogP contribution in [0.3, 0.4) is 0 Å². The van der Waals surface area contributed by atoms with Crippen molar-refractivity contribution < 1.29 is 4.74 Å². The molecule has 2 N–H and O–H groups in total. The van der Waals surface area contributed by atoms with E-state index in [1.165, 1.54) is 0 Å². The van der Waals surface area contributed by atoms with Crippen molar-refractivity contribution in [2.45, 2.75) is 0 Å². The number of benzene rings is 2. The summed E-state index contributed by atoms with van der Waals surface area (Å²) in [5.41, 5.74) is 10.5. The molecule has 3 aromatic rings. The second-order valence-corrected chi connectivity index (χ2v) is 5.30. The first-order valence-electron chi connectivity index (χ1n) is 6.84. The zero-order valence-electron chi connectivity index (χ0n) is 12.1. The summed E-state index contributed by atoms with van der Waals surface area (Å²) in [6, 6.07) is 17.2. The van der Waals surface area contributed by atoms with Gasteiger partial charge >= 0.3 is 0 Å². The summed E-state index contributed by atoms with van der Waals surface area (Å²) in [5, 5.41) is 0.677. The Morgan fingerprint density at radius 3 is 2.55 bits per heavy atom. The minimum atomic E-state index is 0.623. The lowest BCUT2D eigenvalue weighted by Gasteiger charge is -2.11. The van der Waals surface area contributed by atoms with Crippen LogP contribution in [-0.2, 0) is 0 Å². The fourth-order valence-electron chi connectivity index (χ4n) is 2.38. The molecule has 22 heavy (non-hydrogen) atoms. The van der Waals surface area contributed by atoms with Gasteiger partial charge in [0.25, 0.3) is 0 Å². The average molecular weight is 311 g/mol. The fraction of sp³-hybridized carbons (Fsp3) is 0.0556. The van der Waals surface area contributed by atoms with E-state index in [9.17, 15) is 0 Å². The molecule has 0 fully saturated rings. The van der Waals surface area contributed by atoms with Crippen molar-refractivity contribution in [2.75, 3.05) is 12.8 Å². The normalized spacial score (nSPS) is 10.5. The number of ether oxygens (including phenoxy) is 1. The van der Waals surface area contributed by atoms with E-state index in [1.54, 1.807) is 13.3 Å². The van der Waals surface area contributed by atoms with Gasteiger partial charge in [0.05, 0.1) is 18.5 Å². The van der Waals surface area contributed by atoms with E-state index in [0.717, 1.165) is 28.1 Å². The number of nitrogen functional groups attached to an aromatic ring is 1. The molecule has 1 aromatic heterocycles. The van der Waals surface area contributed by atoms with Crippen molar-refractivity contribution in [1.29, 1.82) is 0 Å². The maximum Gasteiger partial charge on any atom is 0.119 e. The van der Waals surface area contributed by atoms with Crippen molar-refractivity contribution in [2.24, 2.45) is 0 Å². The van der Waals surface area contributed by atoms with Crippen LogP contribution >= 0.6 is 11.6 Å². The van der Waals surface area contributed by atoms with Gasteiger partial charge in [-0.05, 0) is 35.9 Å². The molecule has 0 aliphatic heterocycles. The molecular weight excluding hydrogens is 296 g/mol. The van der Waals surface area contributed by atoms with Crippen molar-refractivity contribution in [1.82, 2.24) is 4.98 Å². The van der Waals surface area contributed by atoms with Crippen molar-refractivity contribution in [3.05, 3.63) is 65.8 Å². The van der Waals surface area contributed by atoms with Crippen molar-refractivity contribution in [3.8, 4) is 28.1 Å². The van der Waals surface area contributed by atoms with Crippen LogP contribution in [0.2, 0.25) is 5.02 Å². The molecular formula is C18H15ClN2O. The van der Waals surface area contributed by atoms with Crippen LogP contribution in [0.4, 0.5) is 5.69 Å². The lowest BCUT2D eigenvalue weighted by Crippen LogP contribution is -1.97. The smallest absolute Gasteiger partial charge is 0.119 e. The first kappa shape index (κ1) is 14.4. The number of hydrogen-bond donors (Lipinski definition) is 1. The Bertz CT molecular complexity index is 818. The second-order valence-electron chi connectivity index (χ2n) is 4.86. The summed E-state index contributed by atoms with van der Waals surface area (Å²) in [4.78, 5) is 4.42. The number of methoxy groups -OCH3 is 1. The molecule has 0 amide bonds. The number of anilines is 1. The van der Waals surface area contributed by atoms with Crippen LogP contribution < -0.4 is 10.5 Å². The van der Waals surface area contributed by atoms with Gasteiger partial charge in [-0.2, -0.15) is 0 Å². The summed E-state index contributed by atoms with van der Waals surface area (Å²) in [7, 11) is 1.64. The third kappa shape index (κ3) is 2.76. The average Bonchev–Trinajstić information content (AvgIpc) is 2.55. The molecule has 0 aliphatic rings. The van der Waals surface area contributed by atoms with Crippen molar-refractivity contribution in [3.63, 3.8) is 0 Å². The molecule has 0 bridgehead atoms. The van der Waals surface area contributed by atoms with Gasteiger partial charge in [-0.3, -0.25) is 4.98 Å². The standard InChI is InChI=1S/C18H15ClN2O/c1-22-15-7-3-5-13(11-15)18-17(20)16(8-9-21-18)12-4-2-6-14(19)10-12/h2-11H,20H2,1H3. The predicted molar refractivity (Wildman–Crippen MR) is 91.1 cm³/mol. The molecule has 110 valence electrons. The fourth-order valence-corrected chi connectivity index (χ4v) is 2.57. The highest BCUT2D eigenvalue weighted by molar-refractivity contribution is 6.30. The van der Waals surface area contributed by atoms with E-state index < -0.39 is 0 Å². The first-order chi connectivity index (χ1) is 10.7. The Kier molecular flexibility index (Phi) is 3.98. The highest BCUT2D eigenvalue weighted by Crippen LogP contribution is 2.34. The molecule has 0 saturated heterocycles. The lowest BCUT2D eigenvalue weighted by molar-refractivity contribution is 0.415. The molecule has 0 aliphatic carbocycles. The van der Waals surface area contributed by atoms with Gasteiger partial charge in [-0.15, -0.1) is 0 Å². The van der Waals surface area contributed by atoms with E-state index in [-0.39, 0.29) is 0 Å². The van der Waals surface area contributed by atoms with Crippen LogP contribution in [0.1, 0.15) is 0 Å². The van der Waals surface area contributed by atoms with Gasteiger partial charge in [0.1, 0.15) is 5.75 Å². The first-order valence-corrected chi connectivity index (χ1v) is 7.21. The zero-order valence-corrected chi connectivity index (χ0v) is 12.8. The summed E-state index contributed by atoms with van der Waals surface area (Å²) in [6.07, 6.45) is 1.75. The number of nitrogens with zero attached hydrogens (tertiary/aromatic N) is 1. The molecule has 4 heteroatoms. The number of nitrogens with two attached hydrogens (primary N) is 1. The maximum atomic E-state index is 6.34. The van der Waals surface area contributed by atoms with E-state index in [4.69, 9.17) is 22.1 Å². The second kappa shape index (κ2) is 6.08. The Morgan fingerprint density at radius 2 is 1.77 bits per heavy atom. The van der Waals surface area contributed by atoms with Crippen LogP contribution in [0, 0.1) is 0 Å². The highest BCUT2D eigenvalue weighted by Gasteiger charge is 2.11. The number of aromatic nitrogens is 1. The van der Waals surface area contributed by atoms with Crippen LogP contribution in [0.25, 0.3) is 22.4 Å². The monoisotopic (exact) mass is 310 g/mol. The van der Waals surface area contributed by atoms with E-state index in [0.29, 0.717) is 10.7 Å². The Balaban J connectivity index is 2.13. The molecule has 3 rings (SSSR count). The third-order valence-electron chi connectivity index (χ3n) is 3.47. The number of hydrogen-bond acceptors (Lipinski definition) is 3. The molecule has 0 saturated carbocycles. The van der Waals surface area contributed by atoms with Gasteiger partial charge < -0.3 is 10.5 Å². The Hall–Kier alpha value is -2.52. The molecule has 1 heterocycles. The minimum Gasteiger partial charge on any atom is -0.497 e. The molecule has 3 nitrogen and oxygen atoms in total. The van der Waals surface area contributed by atoms with Crippen LogP contribution in [0.5, 0.6) is 5.75 Å². The number of rotatable bonds is 3. The predicted octanol–water partition coefficient (Wildman–Crippen LogP) is 4.66. The lowest BCUT2D eigenvalue weighted by atomic mass is 10.0. The third-order valence-corrected chi connectivity index (χ3v) is 3.70. The SMILES string of the molecule is COc1cccc(-c2nccc(-c3cccc(Cl)c3)c2N)c1. The summed E-state index contributed by atoms with van der Waals surface area (Å²) in [5.74, 6) is 0.770. The summed E-state index contributed by atoms with van der Waals surface area (Å²) < 4.78 is 5.26. The molecule has 0 atom stereocenters. The zero-order chi connectivity index (χ0) is 15.5. The topological polar surface area (TPSA) is 48.1 Å². The van der Waals surface area contributed by atoms with Crippen LogP contribution in [0.15, 0.2) is 60.8 Å². The summed E-state index contributed by atoms with van der Waals surface area (Å²) >= 11 is 6.07. The number of pyridine rings is 1. The number of halogens is 1. The van der Waals surface area contributed by atoms with Gasteiger partial charge in [0.15, 0.2) is 0 Å².